The summed E-state index contributed by atoms with van der Waals surface area (Å²) in [7, 11) is 0. The number of ether oxygens (including phenoxy) is 1. The van der Waals surface area contributed by atoms with Gasteiger partial charge in [0.1, 0.15) is 5.60 Å². The first kappa shape index (κ1) is 18.3. The molecule has 0 aliphatic carbocycles. The molecule has 128 valence electrons. The number of piperidine rings is 1. The van der Waals surface area contributed by atoms with Gasteiger partial charge in [-0.3, -0.25) is 0 Å². The van der Waals surface area contributed by atoms with Gasteiger partial charge in [0.05, 0.1) is 0 Å². The zero-order chi connectivity index (χ0) is 16.9. The number of hydrogen-bond acceptors (Lipinski definition) is 3. The van der Waals surface area contributed by atoms with Crippen molar-refractivity contribution in [2.75, 3.05) is 13.1 Å². The van der Waals surface area contributed by atoms with Crippen molar-refractivity contribution in [1.29, 1.82) is 0 Å². The van der Waals surface area contributed by atoms with E-state index in [2.05, 4.69) is 33.4 Å². The molecule has 1 saturated heterocycles. The van der Waals surface area contributed by atoms with Gasteiger partial charge in [-0.15, -0.1) is 0 Å². The maximum absolute atomic E-state index is 12.4. The first-order valence-electron chi connectivity index (χ1n) is 8.30. The van der Waals surface area contributed by atoms with E-state index >= 15 is 0 Å². The molecular formula is C18H27BrN2O2. The zero-order valence-electron chi connectivity index (χ0n) is 14.3. The van der Waals surface area contributed by atoms with Crippen LogP contribution in [0.3, 0.4) is 0 Å². The minimum Gasteiger partial charge on any atom is -0.444 e. The third kappa shape index (κ3) is 6.15. The summed E-state index contributed by atoms with van der Waals surface area (Å²) in [5.41, 5.74) is 0.794. The highest BCUT2D eigenvalue weighted by atomic mass is 79.9. The maximum Gasteiger partial charge on any atom is 0.410 e. The van der Waals surface area contributed by atoms with E-state index in [1.807, 2.05) is 37.8 Å². The number of likely N-dealkylation sites (tertiary alicyclic amines) is 1. The zero-order valence-corrected chi connectivity index (χ0v) is 15.9. The Hall–Kier alpha value is -1.07. The lowest BCUT2D eigenvalue weighted by Gasteiger charge is -2.37. The van der Waals surface area contributed by atoms with Crippen LogP contribution in [0, 0.1) is 0 Å². The Labute approximate surface area is 147 Å². The Morgan fingerprint density at radius 2 is 2.17 bits per heavy atom. The second-order valence-corrected chi connectivity index (χ2v) is 8.00. The van der Waals surface area contributed by atoms with Crippen LogP contribution in [0.5, 0.6) is 0 Å². The fourth-order valence-corrected chi connectivity index (χ4v) is 3.25. The van der Waals surface area contributed by atoms with Crippen LogP contribution in [0.25, 0.3) is 0 Å². The lowest BCUT2D eigenvalue weighted by molar-refractivity contribution is 0.00993. The van der Waals surface area contributed by atoms with Crippen molar-refractivity contribution in [3.8, 4) is 0 Å². The highest BCUT2D eigenvalue weighted by Crippen LogP contribution is 2.20. The lowest BCUT2D eigenvalue weighted by Crippen LogP contribution is -2.50. The molecule has 1 atom stereocenters. The number of amides is 1. The molecule has 1 fully saturated rings. The molecule has 0 aromatic heterocycles. The van der Waals surface area contributed by atoms with Crippen molar-refractivity contribution in [2.45, 2.75) is 58.2 Å². The van der Waals surface area contributed by atoms with Crippen LogP contribution in [0.1, 0.15) is 45.6 Å². The Balaban J connectivity index is 1.87. The number of benzene rings is 1. The fraction of sp³-hybridized carbons (Fsp3) is 0.611. The monoisotopic (exact) mass is 382 g/mol. The topological polar surface area (TPSA) is 41.6 Å². The number of nitrogens with one attached hydrogen (secondary N) is 1. The van der Waals surface area contributed by atoms with Crippen molar-refractivity contribution in [3.05, 3.63) is 34.3 Å². The fourth-order valence-electron chi connectivity index (χ4n) is 2.80. The van der Waals surface area contributed by atoms with E-state index in [1.165, 1.54) is 12.0 Å². The molecule has 0 saturated carbocycles. The molecule has 1 aliphatic rings. The molecule has 1 unspecified atom stereocenters. The number of carbonyl (C=O) groups excluding carboxylic acids is 1. The largest absolute Gasteiger partial charge is 0.444 e. The van der Waals surface area contributed by atoms with E-state index in [0.29, 0.717) is 0 Å². The number of nitrogens with zero attached hydrogens (tertiary/aromatic N) is 1. The van der Waals surface area contributed by atoms with Gasteiger partial charge >= 0.3 is 6.09 Å². The summed E-state index contributed by atoms with van der Waals surface area (Å²) in [6, 6.07) is 8.48. The van der Waals surface area contributed by atoms with Gasteiger partial charge in [0.15, 0.2) is 0 Å². The molecule has 2 rings (SSSR count). The molecule has 5 heteroatoms. The van der Waals surface area contributed by atoms with E-state index in [4.69, 9.17) is 4.74 Å². The van der Waals surface area contributed by atoms with Crippen LogP contribution >= 0.6 is 15.9 Å². The first-order valence-corrected chi connectivity index (χ1v) is 9.09. The van der Waals surface area contributed by atoms with Gasteiger partial charge in [0, 0.05) is 30.1 Å². The van der Waals surface area contributed by atoms with E-state index in [1.54, 1.807) is 0 Å². The van der Waals surface area contributed by atoms with Crippen LogP contribution in [-0.2, 0) is 11.3 Å². The van der Waals surface area contributed by atoms with Crippen LogP contribution < -0.4 is 5.32 Å². The smallest absolute Gasteiger partial charge is 0.410 e. The third-order valence-corrected chi connectivity index (χ3v) is 4.35. The van der Waals surface area contributed by atoms with Crippen molar-refractivity contribution in [3.63, 3.8) is 0 Å². The number of rotatable bonds is 4. The standard InChI is InChI=1S/C18H27BrN2O2/c1-18(2,3)23-17(22)21-10-5-4-9-16(21)13-20-12-14-7-6-8-15(19)11-14/h6-8,11,16,20H,4-5,9-10,12-13H2,1-3H3. The molecule has 1 aromatic rings. The normalized spacial score (nSPS) is 18.8. The van der Waals surface area contributed by atoms with Gasteiger partial charge in [-0.25, -0.2) is 4.79 Å². The Bertz CT molecular complexity index is 528. The van der Waals surface area contributed by atoms with Gasteiger partial charge in [0.2, 0.25) is 0 Å². The predicted molar refractivity (Wildman–Crippen MR) is 96.4 cm³/mol. The van der Waals surface area contributed by atoms with E-state index in [9.17, 15) is 4.79 Å². The summed E-state index contributed by atoms with van der Waals surface area (Å²) in [6.45, 7) is 8.13. The first-order chi connectivity index (χ1) is 10.8. The van der Waals surface area contributed by atoms with E-state index < -0.39 is 5.60 Å². The molecule has 23 heavy (non-hydrogen) atoms. The SMILES string of the molecule is CC(C)(C)OC(=O)N1CCCCC1CNCc1cccc(Br)c1. The number of halogens is 1. The average Bonchev–Trinajstić information content (AvgIpc) is 2.46. The Morgan fingerprint density at radius 1 is 1.39 bits per heavy atom. The lowest BCUT2D eigenvalue weighted by atomic mass is 10.0. The summed E-state index contributed by atoms with van der Waals surface area (Å²) in [5.74, 6) is 0. The molecule has 1 amide bonds. The summed E-state index contributed by atoms with van der Waals surface area (Å²) in [5, 5.41) is 3.48. The molecule has 1 N–H and O–H groups in total. The van der Waals surface area contributed by atoms with Gasteiger partial charge in [0.25, 0.3) is 0 Å². The second kappa shape index (κ2) is 8.15. The minimum atomic E-state index is -0.442. The molecular weight excluding hydrogens is 356 g/mol. The van der Waals surface area contributed by atoms with Crippen LogP contribution in [0.4, 0.5) is 4.79 Å². The molecule has 4 nitrogen and oxygen atoms in total. The molecule has 0 radical (unpaired) electrons. The van der Waals surface area contributed by atoms with Gasteiger partial charge in [-0.05, 0) is 57.7 Å². The summed E-state index contributed by atoms with van der Waals surface area (Å²) in [4.78, 5) is 14.3. The van der Waals surface area contributed by atoms with Crippen molar-refractivity contribution < 1.29 is 9.53 Å². The summed E-state index contributed by atoms with van der Waals surface area (Å²) in [6.07, 6.45) is 3.07. The highest BCUT2D eigenvalue weighted by Gasteiger charge is 2.30. The number of hydrogen-bond donors (Lipinski definition) is 1. The molecule has 0 bridgehead atoms. The maximum atomic E-state index is 12.4. The summed E-state index contributed by atoms with van der Waals surface area (Å²) < 4.78 is 6.63. The highest BCUT2D eigenvalue weighted by molar-refractivity contribution is 9.10. The molecule has 1 aromatic carbocycles. The van der Waals surface area contributed by atoms with E-state index in [0.717, 1.165) is 36.9 Å². The van der Waals surface area contributed by atoms with Gasteiger partial charge < -0.3 is 15.0 Å². The second-order valence-electron chi connectivity index (χ2n) is 7.08. The van der Waals surface area contributed by atoms with Crippen LogP contribution in [-0.4, -0.2) is 35.7 Å². The van der Waals surface area contributed by atoms with Crippen LogP contribution in [0.2, 0.25) is 0 Å². The van der Waals surface area contributed by atoms with Gasteiger partial charge in [-0.1, -0.05) is 28.1 Å². The molecule has 0 spiro atoms. The third-order valence-electron chi connectivity index (χ3n) is 3.85. The van der Waals surface area contributed by atoms with Crippen molar-refractivity contribution >= 4 is 22.0 Å². The molecule has 1 heterocycles. The average molecular weight is 383 g/mol. The Kier molecular flexibility index (Phi) is 6.48. The van der Waals surface area contributed by atoms with Crippen molar-refractivity contribution in [1.82, 2.24) is 10.2 Å². The quantitative estimate of drug-likeness (QED) is 0.842. The van der Waals surface area contributed by atoms with Gasteiger partial charge in [-0.2, -0.15) is 0 Å². The van der Waals surface area contributed by atoms with E-state index in [-0.39, 0.29) is 12.1 Å². The molecule has 1 aliphatic heterocycles. The van der Waals surface area contributed by atoms with Crippen molar-refractivity contribution in [2.24, 2.45) is 0 Å². The predicted octanol–water partition coefficient (Wildman–Crippen LogP) is 4.33. The number of carbonyl (C=O) groups is 1. The Morgan fingerprint density at radius 3 is 2.87 bits per heavy atom. The minimum absolute atomic E-state index is 0.188. The summed E-state index contributed by atoms with van der Waals surface area (Å²) >= 11 is 3.49. The van der Waals surface area contributed by atoms with Crippen LogP contribution in [0.15, 0.2) is 28.7 Å².